The Hall–Kier alpha value is -2.34. The highest BCUT2D eigenvalue weighted by atomic mass is 35.5. The predicted octanol–water partition coefficient (Wildman–Crippen LogP) is 1.60. The molecule has 2 rings (SSSR count). The molecule has 1 aromatic heterocycles. The summed E-state index contributed by atoms with van der Waals surface area (Å²) in [5, 5.41) is 7.78. The van der Waals surface area contributed by atoms with Gasteiger partial charge in [-0.2, -0.15) is 0 Å². The fourth-order valence-electron chi connectivity index (χ4n) is 1.22. The maximum Gasteiger partial charge on any atom is 0.269 e. The van der Waals surface area contributed by atoms with Gasteiger partial charge in [0.25, 0.3) is 5.91 Å². The highest BCUT2D eigenvalue weighted by Crippen LogP contribution is 2.28. The van der Waals surface area contributed by atoms with E-state index in [4.69, 9.17) is 27.8 Å². The number of hydrogen-bond acceptors (Lipinski definition) is 5. The third-order valence-electron chi connectivity index (χ3n) is 2.08. The lowest BCUT2D eigenvalue weighted by molar-refractivity contribution is 0.0994. The Balaban J connectivity index is 2.23. The number of rotatable bonds is 3. The predicted molar refractivity (Wildman–Crippen MR) is 66.5 cm³/mol. The first-order valence-corrected chi connectivity index (χ1v) is 5.30. The molecule has 0 aliphatic heterocycles. The summed E-state index contributed by atoms with van der Waals surface area (Å²) in [5.41, 5.74) is 11.2. The van der Waals surface area contributed by atoms with E-state index in [1.807, 2.05) is 0 Å². The number of nitrogens with zero attached hydrogens (tertiary/aromatic N) is 2. The van der Waals surface area contributed by atoms with Gasteiger partial charge in [0.2, 0.25) is 5.88 Å². The molecular formula is C11H9ClN4O2. The van der Waals surface area contributed by atoms with Crippen LogP contribution in [0.1, 0.15) is 10.5 Å². The van der Waals surface area contributed by atoms with Gasteiger partial charge in [0, 0.05) is 17.2 Å². The number of carbonyl (C=O) groups excluding carboxylic acids is 1. The van der Waals surface area contributed by atoms with Crippen LogP contribution < -0.4 is 16.2 Å². The molecule has 18 heavy (non-hydrogen) atoms. The Bertz CT molecular complexity index is 586. The Morgan fingerprint density at radius 2 is 2.00 bits per heavy atom. The van der Waals surface area contributed by atoms with Crippen molar-refractivity contribution in [1.82, 2.24) is 10.2 Å². The molecule has 2 aromatic rings. The third-order valence-corrected chi connectivity index (χ3v) is 2.32. The molecule has 0 bridgehead atoms. The summed E-state index contributed by atoms with van der Waals surface area (Å²) in [5.74, 6) is -0.103. The van der Waals surface area contributed by atoms with Crippen molar-refractivity contribution in [2.45, 2.75) is 0 Å². The monoisotopic (exact) mass is 264 g/mol. The van der Waals surface area contributed by atoms with Gasteiger partial charge in [-0.05, 0) is 18.2 Å². The molecule has 0 unspecified atom stereocenters. The largest absolute Gasteiger partial charge is 0.435 e. The average Bonchev–Trinajstić information content (AvgIpc) is 2.34. The molecule has 1 aromatic carbocycles. The van der Waals surface area contributed by atoms with E-state index in [0.29, 0.717) is 16.5 Å². The van der Waals surface area contributed by atoms with Crippen molar-refractivity contribution < 1.29 is 9.53 Å². The van der Waals surface area contributed by atoms with Gasteiger partial charge in [0.1, 0.15) is 0 Å². The van der Waals surface area contributed by atoms with Crippen LogP contribution in [-0.4, -0.2) is 16.1 Å². The van der Waals surface area contributed by atoms with Gasteiger partial charge < -0.3 is 16.2 Å². The van der Waals surface area contributed by atoms with E-state index in [1.165, 1.54) is 12.1 Å². The number of anilines is 1. The number of aromatic nitrogens is 2. The molecule has 6 nitrogen and oxygen atoms in total. The Kier molecular flexibility index (Phi) is 3.29. The van der Waals surface area contributed by atoms with E-state index in [-0.39, 0.29) is 11.6 Å². The maximum absolute atomic E-state index is 10.8. The van der Waals surface area contributed by atoms with Crippen LogP contribution in [0.25, 0.3) is 0 Å². The molecule has 92 valence electrons. The minimum atomic E-state index is -0.656. The zero-order valence-corrected chi connectivity index (χ0v) is 9.89. The molecule has 1 amide bonds. The van der Waals surface area contributed by atoms with Crippen molar-refractivity contribution in [2.24, 2.45) is 5.73 Å². The number of carbonyl (C=O) groups is 1. The highest BCUT2D eigenvalue weighted by molar-refractivity contribution is 6.30. The Labute approximate surface area is 108 Å². The van der Waals surface area contributed by atoms with E-state index in [2.05, 4.69) is 10.2 Å². The van der Waals surface area contributed by atoms with E-state index in [0.717, 1.165) is 0 Å². The van der Waals surface area contributed by atoms with E-state index in [9.17, 15) is 4.79 Å². The second kappa shape index (κ2) is 4.89. The molecule has 0 saturated carbocycles. The summed E-state index contributed by atoms with van der Waals surface area (Å²) in [6, 6.07) is 7.69. The summed E-state index contributed by atoms with van der Waals surface area (Å²) in [4.78, 5) is 10.8. The molecular weight excluding hydrogens is 256 g/mol. The molecule has 0 saturated heterocycles. The van der Waals surface area contributed by atoms with Crippen LogP contribution >= 0.6 is 11.6 Å². The van der Waals surface area contributed by atoms with Crippen LogP contribution in [0, 0.1) is 0 Å². The van der Waals surface area contributed by atoms with Gasteiger partial charge in [-0.25, -0.2) is 0 Å². The standard InChI is InChI=1S/C11H9ClN4O2/c12-6-1-2-7(13)9(5-6)18-10-4-3-8(11(14)17)15-16-10/h1-5H,13H2,(H2,14,17). The highest BCUT2D eigenvalue weighted by Gasteiger charge is 2.07. The molecule has 7 heteroatoms. The summed E-state index contributed by atoms with van der Waals surface area (Å²) in [7, 11) is 0. The number of halogens is 1. The molecule has 0 aliphatic rings. The molecule has 0 spiro atoms. The molecule has 0 fully saturated rings. The Morgan fingerprint density at radius 3 is 2.61 bits per heavy atom. The zero-order chi connectivity index (χ0) is 13.1. The summed E-state index contributed by atoms with van der Waals surface area (Å²) >= 11 is 5.82. The minimum absolute atomic E-state index is 0.0569. The van der Waals surface area contributed by atoms with Crippen molar-refractivity contribution in [3.63, 3.8) is 0 Å². The number of benzene rings is 1. The molecule has 0 aliphatic carbocycles. The quantitative estimate of drug-likeness (QED) is 0.820. The number of amides is 1. The number of hydrogen-bond donors (Lipinski definition) is 2. The smallest absolute Gasteiger partial charge is 0.269 e. The van der Waals surface area contributed by atoms with Crippen LogP contribution in [0.4, 0.5) is 5.69 Å². The van der Waals surface area contributed by atoms with Crippen LogP contribution in [0.5, 0.6) is 11.6 Å². The van der Waals surface area contributed by atoms with Gasteiger partial charge >= 0.3 is 0 Å². The van der Waals surface area contributed by atoms with Crippen molar-refractivity contribution in [3.8, 4) is 11.6 Å². The summed E-state index contributed by atoms with van der Waals surface area (Å²) in [6.45, 7) is 0. The van der Waals surface area contributed by atoms with Crippen molar-refractivity contribution in [2.75, 3.05) is 5.73 Å². The molecule has 1 heterocycles. The van der Waals surface area contributed by atoms with Gasteiger partial charge in [-0.15, -0.1) is 10.2 Å². The van der Waals surface area contributed by atoms with Crippen LogP contribution in [0.3, 0.4) is 0 Å². The fraction of sp³-hybridized carbons (Fsp3) is 0. The minimum Gasteiger partial charge on any atom is -0.435 e. The van der Waals surface area contributed by atoms with E-state index in [1.54, 1.807) is 18.2 Å². The zero-order valence-electron chi connectivity index (χ0n) is 9.13. The first-order chi connectivity index (χ1) is 8.56. The van der Waals surface area contributed by atoms with Crippen molar-refractivity contribution >= 4 is 23.2 Å². The first kappa shape index (κ1) is 12.1. The summed E-state index contributed by atoms with van der Waals surface area (Å²) < 4.78 is 5.39. The normalized spacial score (nSPS) is 10.1. The number of primary amides is 1. The SMILES string of the molecule is NC(=O)c1ccc(Oc2cc(Cl)ccc2N)nn1. The number of nitrogen functional groups attached to an aromatic ring is 1. The van der Waals surface area contributed by atoms with Crippen LogP contribution in [0.15, 0.2) is 30.3 Å². The van der Waals surface area contributed by atoms with Gasteiger partial charge in [0.15, 0.2) is 11.4 Å². The van der Waals surface area contributed by atoms with E-state index >= 15 is 0 Å². The number of nitrogens with two attached hydrogens (primary N) is 2. The van der Waals surface area contributed by atoms with Crippen molar-refractivity contribution in [3.05, 3.63) is 41.0 Å². The lowest BCUT2D eigenvalue weighted by Gasteiger charge is -2.07. The summed E-state index contributed by atoms with van der Waals surface area (Å²) in [6.07, 6.45) is 0. The molecule has 0 atom stereocenters. The maximum atomic E-state index is 10.8. The lowest BCUT2D eigenvalue weighted by atomic mass is 10.3. The van der Waals surface area contributed by atoms with Gasteiger partial charge in [-0.3, -0.25) is 4.79 Å². The van der Waals surface area contributed by atoms with Crippen LogP contribution in [0.2, 0.25) is 5.02 Å². The fourth-order valence-corrected chi connectivity index (χ4v) is 1.38. The topological polar surface area (TPSA) is 104 Å². The van der Waals surface area contributed by atoms with Crippen molar-refractivity contribution in [1.29, 1.82) is 0 Å². The molecule has 4 N–H and O–H groups in total. The Morgan fingerprint density at radius 1 is 1.22 bits per heavy atom. The second-order valence-electron chi connectivity index (χ2n) is 3.41. The lowest BCUT2D eigenvalue weighted by Crippen LogP contribution is -2.13. The number of ether oxygens (including phenoxy) is 1. The second-order valence-corrected chi connectivity index (χ2v) is 3.84. The molecule has 0 radical (unpaired) electrons. The van der Waals surface area contributed by atoms with E-state index < -0.39 is 5.91 Å². The van der Waals surface area contributed by atoms with Gasteiger partial charge in [0.05, 0.1) is 5.69 Å². The first-order valence-electron chi connectivity index (χ1n) is 4.92. The van der Waals surface area contributed by atoms with Gasteiger partial charge in [-0.1, -0.05) is 11.6 Å². The average molecular weight is 265 g/mol. The van der Waals surface area contributed by atoms with Crippen LogP contribution in [-0.2, 0) is 0 Å². The third kappa shape index (κ3) is 2.67.